The Balaban J connectivity index is 1.73. The third kappa shape index (κ3) is 6.26. The molecule has 3 rings (SSSR count). The summed E-state index contributed by atoms with van der Waals surface area (Å²) in [6.07, 6.45) is 3.15. The lowest BCUT2D eigenvalue weighted by molar-refractivity contribution is 0.102. The van der Waals surface area contributed by atoms with Crippen molar-refractivity contribution in [1.82, 2.24) is 25.1 Å². The van der Waals surface area contributed by atoms with Gasteiger partial charge in [0.1, 0.15) is 5.75 Å². The van der Waals surface area contributed by atoms with Crippen LogP contribution < -0.4 is 15.4 Å². The number of halogens is 1. The van der Waals surface area contributed by atoms with E-state index < -0.39 is 0 Å². The molecule has 0 radical (unpaired) electrons. The van der Waals surface area contributed by atoms with Gasteiger partial charge in [-0.1, -0.05) is 25.4 Å². The van der Waals surface area contributed by atoms with Crippen molar-refractivity contribution >= 4 is 23.3 Å². The van der Waals surface area contributed by atoms with Gasteiger partial charge in [0, 0.05) is 22.8 Å². The van der Waals surface area contributed by atoms with Crippen LogP contribution in [0, 0.1) is 12.8 Å². The quantitative estimate of drug-likeness (QED) is 0.525. The molecule has 8 nitrogen and oxygen atoms in total. The predicted octanol–water partition coefficient (Wildman–Crippen LogP) is 3.69. The molecule has 0 saturated heterocycles. The number of nitrogens with one attached hydrogen (secondary N) is 2. The summed E-state index contributed by atoms with van der Waals surface area (Å²) in [5.41, 5.74) is 2.83. The number of anilines is 1. The number of rotatable bonds is 9. The Morgan fingerprint density at radius 3 is 2.71 bits per heavy atom. The number of benzene rings is 1. The van der Waals surface area contributed by atoms with Crippen molar-refractivity contribution in [2.45, 2.75) is 33.9 Å². The van der Waals surface area contributed by atoms with E-state index in [4.69, 9.17) is 16.3 Å². The van der Waals surface area contributed by atoms with Crippen molar-refractivity contribution in [3.63, 3.8) is 0 Å². The van der Waals surface area contributed by atoms with Gasteiger partial charge in [0.05, 0.1) is 31.2 Å². The fourth-order valence-electron chi connectivity index (χ4n) is 2.88. The van der Waals surface area contributed by atoms with E-state index in [0.29, 0.717) is 42.1 Å². The van der Waals surface area contributed by atoms with Crippen molar-refractivity contribution in [1.29, 1.82) is 0 Å². The molecule has 0 spiro atoms. The number of hydrogen-bond acceptors (Lipinski definition) is 6. The maximum atomic E-state index is 12.6. The number of carbonyl (C=O) groups is 1. The Bertz CT molecular complexity index is 1030. The molecule has 0 aliphatic rings. The second-order valence-corrected chi connectivity index (χ2v) is 8.10. The Labute approximate surface area is 187 Å². The van der Waals surface area contributed by atoms with Gasteiger partial charge in [0.25, 0.3) is 5.91 Å². The van der Waals surface area contributed by atoms with E-state index in [0.717, 1.165) is 22.7 Å². The summed E-state index contributed by atoms with van der Waals surface area (Å²) in [4.78, 5) is 21.1. The summed E-state index contributed by atoms with van der Waals surface area (Å²) in [7, 11) is 1.83. The average Bonchev–Trinajstić information content (AvgIpc) is 3.09. The van der Waals surface area contributed by atoms with Gasteiger partial charge in [-0.3, -0.25) is 14.5 Å². The number of nitrogens with zero attached hydrogens (tertiary/aromatic N) is 4. The zero-order valence-electron chi connectivity index (χ0n) is 18.1. The summed E-state index contributed by atoms with van der Waals surface area (Å²) in [5.74, 6) is 1.19. The zero-order chi connectivity index (χ0) is 22.4. The van der Waals surface area contributed by atoms with Crippen LogP contribution in [0.1, 0.15) is 41.3 Å². The molecule has 0 fully saturated rings. The summed E-state index contributed by atoms with van der Waals surface area (Å²) in [6.45, 7) is 7.74. The topological polar surface area (TPSA) is 94.0 Å². The first kappa shape index (κ1) is 22.7. The molecule has 9 heteroatoms. The number of aromatic nitrogens is 4. The molecule has 31 heavy (non-hydrogen) atoms. The van der Waals surface area contributed by atoms with Crippen LogP contribution in [0.25, 0.3) is 0 Å². The van der Waals surface area contributed by atoms with Crippen LogP contribution in [-0.2, 0) is 13.1 Å². The average molecular weight is 443 g/mol. The molecule has 0 saturated carbocycles. The molecule has 1 amide bonds. The number of hydrogen-bond donors (Lipinski definition) is 2. The van der Waals surface area contributed by atoms with E-state index in [1.165, 1.54) is 6.20 Å². The largest absolute Gasteiger partial charge is 0.493 e. The summed E-state index contributed by atoms with van der Waals surface area (Å²) >= 11 is 6.20. The van der Waals surface area contributed by atoms with Crippen LogP contribution in [0.15, 0.2) is 36.7 Å². The number of carbonyl (C=O) groups excluding carboxylic acids is 1. The van der Waals surface area contributed by atoms with Gasteiger partial charge in [-0.2, -0.15) is 5.10 Å². The maximum Gasteiger partial charge on any atom is 0.277 e. The third-order valence-corrected chi connectivity index (χ3v) is 4.67. The highest BCUT2D eigenvalue weighted by Gasteiger charge is 2.15. The SMILES string of the molecule is CNCc1cnc(NC(=O)c2cc(C)n(Cc3cc(Cl)ccc3OCC(C)C)n2)cn1. The van der Waals surface area contributed by atoms with E-state index in [-0.39, 0.29) is 5.91 Å². The summed E-state index contributed by atoms with van der Waals surface area (Å²) in [6, 6.07) is 7.26. The van der Waals surface area contributed by atoms with Crippen molar-refractivity contribution < 1.29 is 9.53 Å². The summed E-state index contributed by atoms with van der Waals surface area (Å²) in [5, 5.41) is 10.8. The smallest absolute Gasteiger partial charge is 0.277 e. The molecule has 164 valence electrons. The highest BCUT2D eigenvalue weighted by atomic mass is 35.5. The lowest BCUT2D eigenvalue weighted by Crippen LogP contribution is -2.15. The molecule has 2 heterocycles. The van der Waals surface area contributed by atoms with Crippen LogP contribution in [-0.4, -0.2) is 39.3 Å². The van der Waals surface area contributed by atoms with Gasteiger partial charge in [-0.05, 0) is 44.2 Å². The molecular weight excluding hydrogens is 416 g/mol. The van der Waals surface area contributed by atoms with Crippen LogP contribution in [0.4, 0.5) is 5.82 Å². The van der Waals surface area contributed by atoms with Gasteiger partial charge in [0.2, 0.25) is 0 Å². The molecule has 2 aromatic heterocycles. The first-order valence-electron chi connectivity index (χ1n) is 10.1. The minimum Gasteiger partial charge on any atom is -0.493 e. The van der Waals surface area contributed by atoms with Gasteiger partial charge < -0.3 is 15.4 Å². The molecule has 0 aliphatic carbocycles. The Morgan fingerprint density at radius 2 is 2.03 bits per heavy atom. The predicted molar refractivity (Wildman–Crippen MR) is 121 cm³/mol. The normalized spacial score (nSPS) is 11.0. The minimum atomic E-state index is -0.347. The fourth-order valence-corrected chi connectivity index (χ4v) is 3.08. The molecule has 3 aromatic rings. The molecule has 0 unspecified atom stereocenters. The van der Waals surface area contributed by atoms with Crippen molar-refractivity contribution in [2.75, 3.05) is 19.0 Å². The van der Waals surface area contributed by atoms with Crippen molar-refractivity contribution in [3.05, 3.63) is 64.3 Å². The molecule has 0 bridgehead atoms. The van der Waals surface area contributed by atoms with Crippen molar-refractivity contribution in [2.24, 2.45) is 5.92 Å². The standard InChI is InChI=1S/C22H27ClN6O2/c1-14(2)13-31-20-6-5-17(23)8-16(20)12-29-15(3)7-19(28-29)22(30)27-21-11-25-18(9-24-4)10-26-21/h5-8,10-11,14,24H,9,12-13H2,1-4H3,(H,26,27,30). The van der Waals surface area contributed by atoms with Crippen LogP contribution in [0.3, 0.4) is 0 Å². The molecule has 0 aliphatic heterocycles. The zero-order valence-corrected chi connectivity index (χ0v) is 18.9. The Hall–Kier alpha value is -2.97. The number of amides is 1. The van der Waals surface area contributed by atoms with Crippen molar-refractivity contribution in [3.8, 4) is 5.75 Å². The van der Waals surface area contributed by atoms with E-state index in [1.54, 1.807) is 23.0 Å². The van der Waals surface area contributed by atoms with Gasteiger partial charge in [-0.15, -0.1) is 0 Å². The first-order valence-corrected chi connectivity index (χ1v) is 10.5. The van der Waals surface area contributed by atoms with Gasteiger partial charge in [0.15, 0.2) is 11.5 Å². The second-order valence-electron chi connectivity index (χ2n) is 7.66. The lowest BCUT2D eigenvalue weighted by atomic mass is 10.2. The summed E-state index contributed by atoms with van der Waals surface area (Å²) < 4.78 is 7.68. The molecule has 0 atom stereocenters. The minimum absolute atomic E-state index is 0.297. The Morgan fingerprint density at radius 1 is 1.23 bits per heavy atom. The van der Waals surface area contributed by atoms with E-state index >= 15 is 0 Å². The lowest BCUT2D eigenvalue weighted by Gasteiger charge is -2.14. The maximum absolute atomic E-state index is 12.6. The van der Waals surface area contributed by atoms with E-state index in [9.17, 15) is 4.79 Å². The van der Waals surface area contributed by atoms with E-state index in [2.05, 4.69) is 39.5 Å². The third-order valence-electron chi connectivity index (χ3n) is 4.43. The van der Waals surface area contributed by atoms with Crippen LogP contribution in [0.5, 0.6) is 5.75 Å². The van der Waals surface area contributed by atoms with E-state index in [1.807, 2.05) is 26.1 Å². The molecule has 2 N–H and O–H groups in total. The fraction of sp³-hybridized carbons (Fsp3) is 0.364. The van der Waals surface area contributed by atoms with Gasteiger partial charge >= 0.3 is 0 Å². The highest BCUT2D eigenvalue weighted by molar-refractivity contribution is 6.30. The monoisotopic (exact) mass is 442 g/mol. The molecular formula is C22H27ClN6O2. The molecule has 1 aromatic carbocycles. The first-order chi connectivity index (χ1) is 14.9. The van der Waals surface area contributed by atoms with Crippen LogP contribution in [0.2, 0.25) is 5.02 Å². The second kappa shape index (κ2) is 10.4. The van der Waals surface area contributed by atoms with Crippen LogP contribution >= 0.6 is 11.6 Å². The number of ether oxygens (including phenoxy) is 1. The highest BCUT2D eigenvalue weighted by Crippen LogP contribution is 2.25. The van der Waals surface area contributed by atoms with Gasteiger partial charge in [-0.25, -0.2) is 4.98 Å². The number of aryl methyl sites for hydroxylation is 1. The Kier molecular flexibility index (Phi) is 7.59.